The minimum atomic E-state index is 0.811. The van der Waals surface area contributed by atoms with Crippen molar-refractivity contribution < 1.29 is 0 Å². The van der Waals surface area contributed by atoms with E-state index in [-0.39, 0.29) is 0 Å². The fourth-order valence-electron chi connectivity index (χ4n) is 2.28. The van der Waals surface area contributed by atoms with Crippen LogP contribution in [0.25, 0.3) is 16.6 Å². The predicted octanol–water partition coefficient (Wildman–Crippen LogP) is 2.45. The van der Waals surface area contributed by atoms with E-state index in [0.29, 0.717) is 0 Å². The quantitative estimate of drug-likeness (QED) is 0.778. The van der Waals surface area contributed by atoms with Gasteiger partial charge in [0.1, 0.15) is 0 Å². The molecule has 0 fully saturated rings. The zero-order valence-corrected chi connectivity index (χ0v) is 11.1. The molecular weight excluding hydrogens is 236 g/mol. The maximum absolute atomic E-state index is 4.57. The second kappa shape index (κ2) is 4.82. The lowest BCUT2D eigenvalue weighted by molar-refractivity contribution is 0.811. The average Bonchev–Trinajstić information content (AvgIpc) is 2.86. The highest BCUT2D eigenvalue weighted by atomic mass is 15.3. The van der Waals surface area contributed by atoms with Gasteiger partial charge >= 0.3 is 0 Å². The Balaban J connectivity index is 2.24. The minimum Gasteiger partial charge on any atom is -0.316 e. The van der Waals surface area contributed by atoms with E-state index in [9.17, 15) is 0 Å². The number of benzene rings is 1. The van der Waals surface area contributed by atoms with Crippen molar-refractivity contribution in [2.45, 2.75) is 13.5 Å². The number of nitrogens with zero attached hydrogens (tertiary/aromatic N) is 3. The summed E-state index contributed by atoms with van der Waals surface area (Å²) in [6.45, 7) is 2.84. The first-order valence-corrected chi connectivity index (χ1v) is 6.32. The minimum absolute atomic E-state index is 0.811. The van der Waals surface area contributed by atoms with Gasteiger partial charge in [0.05, 0.1) is 6.20 Å². The van der Waals surface area contributed by atoms with Gasteiger partial charge in [-0.3, -0.25) is 0 Å². The van der Waals surface area contributed by atoms with Gasteiger partial charge in [0.2, 0.25) is 0 Å². The van der Waals surface area contributed by atoms with Gasteiger partial charge in [-0.2, -0.15) is 5.10 Å². The van der Waals surface area contributed by atoms with Crippen LogP contribution in [0.15, 0.2) is 42.9 Å². The monoisotopic (exact) mass is 252 g/mol. The summed E-state index contributed by atoms with van der Waals surface area (Å²) in [5.74, 6) is 0.878. The Hall–Kier alpha value is -2.20. The summed E-state index contributed by atoms with van der Waals surface area (Å²) in [4.78, 5) is 4.57. The van der Waals surface area contributed by atoms with Crippen molar-refractivity contribution in [3.8, 4) is 5.82 Å². The number of aryl methyl sites for hydroxylation is 1. The molecule has 4 heteroatoms. The lowest BCUT2D eigenvalue weighted by atomic mass is 10.1. The van der Waals surface area contributed by atoms with Crippen LogP contribution in [0.2, 0.25) is 0 Å². The standard InChI is InChI=1S/C15H16N4/c1-11-7-18-19(10-11)15-14-6-4-3-5-13(14)12(8-16-2)9-17-15/h3-7,9-10,16H,8H2,1-2H3. The maximum Gasteiger partial charge on any atom is 0.161 e. The van der Waals surface area contributed by atoms with E-state index >= 15 is 0 Å². The number of aromatic nitrogens is 3. The zero-order valence-electron chi connectivity index (χ0n) is 11.1. The van der Waals surface area contributed by atoms with Crippen LogP contribution in [0.4, 0.5) is 0 Å². The van der Waals surface area contributed by atoms with Crippen LogP contribution in [-0.4, -0.2) is 21.8 Å². The Morgan fingerprint density at radius 2 is 1.95 bits per heavy atom. The molecule has 2 heterocycles. The SMILES string of the molecule is CNCc1cnc(-n2cc(C)cn2)c2ccccc12. The van der Waals surface area contributed by atoms with Gasteiger partial charge in [0.15, 0.2) is 5.82 Å². The van der Waals surface area contributed by atoms with Crippen LogP contribution in [0, 0.1) is 6.92 Å². The first-order chi connectivity index (χ1) is 9.29. The molecule has 0 bridgehead atoms. The normalized spacial score (nSPS) is 11.1. The molecule has 4 nitrogen and oxygen atoms in total. The van der Waals surface area contributed by atoms with Gasteiger partial charge in [-0.1, -0.05) is 24.3 Å². The van der Waals surface area contributed by atoms with Crippen LogP contribution >= 0.6 is 0 Å². The van der Waals surface area contributed by atoms with Crippen LogP contribution in [0.5, 0.6) is 0 Å². The summed E-state index contributed by atoms with van der Waals surface area (Å²) < 4.78 is 1.83. The first kappa shape index (κ1) is 11.9. The van der Waals surface area contributed by atoms with Crippen LogP contribution in [-0.2, 0) is 6.54 Å². The summed E-state index contributed by atoms with van der Waals surface area (Å²) in [7, 11) is 1.94. The fraction of sp³-hybridized carbons (Fsp3) is 0.200. The molecular formula is C15H16N4. The number of nitrogens with one attached hydrogen (secondary N) is 1. The molecule has 0 radical (unpaired) electrons. The van der Waals surface area contributed by atoms with E-state index in [0.717, 1.165) is 23.3 Å². The summed E-state index contributed by atoms with van der Waals surface area (Å²) >= 11 is 0. The molecule has 1 N–H and O–H groups in total. The van der Waals surface area contributed by atoms with E-state index < -0.39 is 0 Å². The molecule has 1 aromatic carbocycles. The average molecular weight is 252 g/mol. The zero-order chi connectivity index (χ0) is 13.2. The highest BCUT2D eigenvalue weighted by Crippen LogP contribution is 2.23. The maximum atomic E-state index is 4.57. The molecule has 96 valence electrons. The van der Waals surface area contributed by atoms with Gasteiger partial charge in [0.25, 0.3) is 0 Å². The summed E-state index contributed by atoms with van der Waals surface area (Å²) in [6.07, 6.45) is 5.76. The third kappa shape index (κ3) is 2.11. The number of fused-ring (bicyclic) bond motifs is 1. The van der Waals surface area contributed by atoms with E-state index in [4.69, 9.17) is 0 Å². The lowest BCUT2D eigenvalue weighted by Crippen LogP contribution is -2.08. The van der Waals surface area contributed by atoms with Crippen LogP contribution in [0.3, 0.4) is 0 Å². The van der Waals surface area contributed by atoms with Crippen molar-refractivity contribution in [1.82, 2.24) is 20.1 Å². The van der Waals surface area contributed by atoms with Gasteiger partial charge in [-0.25, -0.2) is 9.67 Å². The molecule has 2 aromatic heterocycles. The van der Waals surface area contributed by atoms with Crippen molar-refractivity contribution in [2.24, 2.45) is 0 Å². The molecule has 0 unspecified atom stereocenters. The number of rotatable bonds is 3. The summed E-state index contributed by atoms with van der Waals surface area (Å²) in [6, 6.07) is 8.31. The Morgan fingerprint density at radius 3 is 2.63 bits per heavy atom. The van der Waals surface area contributed by atoms with E-state index in [1.54, 1.807) is 0 Å². The molecule has 19 heavy (non-hydrogen) atoms. The Labute approximate surface area is 112 Å². The topological polar surface area (TPSA) is 42.7 Å². The van der Waals surface area contributed by atoms with Crippen LogP contribution < -0.4 is 5.32 Å². The Kier molecular flexibility index (Phi) is 3.01. The van der Waals surface area contributed by atoms with E-state index in [1.807, 2.05) is 43.3 Å². The summed E-state index contributed by atoms with van der Waals surface area (Å²) in [5.41, 5.74) is 2.33. The van der Waals surface area contributed by atoms with Crippen molar-refractivity contribution in [2.75, 3.05) is 7.05 Å². The van der Waals surface area contributed by atoms with Gasteiger partial charge in [-0.15, -0.1) is 0 Å². The molecule has 0 aliphatic heterocycles. The molecule has 0 amide bonds. The van der Waals surface area contributed by atoms with Gasteiger partial charge in [-0.05, 0) is 30.5 Å². The van der Waals surface area contributed by atoms with Crippen molar-refractivity contribution in [3.63, 3.8) is 0 Å². The lowest BCUT2D eigenvalue weighted by Gasteiger charge is -2.10. The molecule has 0 atom stereocenters. The van der Waals surface area contributed by atoms with Gasteiger partial charge < -0.3 is 5.32 Å². The number of pyridine rings is 1. The molecule has 0 aliphatic rings. The van der Waals surface area contributed by atoms with E-state index in [2.05, 4.69) is 33.6 Å². The number of hydrogen-bond acceptors (Lipinski definition) is 3. The molecule has 0 spiro atoms. The second-order valence-corrected chi connectivity index (χ2v) is 4.65. The predicted molar refractivity (Wildman–Crippen MR) is 76.4 cm³/mol. The van der Waals surface area contributed by atoms with Crippen molar-refractivity contribution in [1.29, 1.82) is 0 Å². The molecule has 0 saturated carbocycles. The smallest absolute Gasteiger partial charge is 0.161 e. The summed E-state index contributed by atoms with van der Waals surface area (Å²) in [5, 5.41) is 9.87. The molecule has 0 aliphatic carbocycles. The van der Waals surface area contributed by atoms with Crippen molar-refractivity contribution in [3.05, 3.63) is 54.0 Å². The Bertz CT molecular complexity index is 715. The fourth-order valence-corrected chi connectivity index (χ4v) is 2.28. The number of hydrogen-bond donors (Lipinski definition) is 1. The van der Waals surface area contributed by atoms with Crippen LogP contribution in [0.1, 0.15) is 11.1 Å². The van der Waals surface area contributed by atoms with Crippen molar-refractivity contribution >= 4 is 10.8 Å². The third-order valence-electron chi connectivity index (χ3n) is 3.15. The Morgan fingerprint density at radius 1 is 1.16 bits per heavy atom. The second-order valence-electron chi connectivity index (χ2n) is 4.65. The van der Waals surface area contributed by atoms with Gasteiger partial charge in [0, 0.05) is 24.3 Å². The highest BCUT2D eigenvalue weighted by Gasteiger charge is 2.08. The highest BCUT2D eigenvalue weighted by molar-refractivity contribution is 5.90. The third-order valence-corrected chi connectivity index (χ3v) is 3.15. The molecule has 3 aromatic rings. The largest absolute Gasteiger partial charge is 0.316 e. The molecule has 3 rings (SSSR count). The first-order valence-electron chi connectivity index (χ1n) is 6.32. The van der Waals surface area contributed by atoms with E-state index in [1.165, 1.54) is 10.9 Å². The molecule has 0 saturated heterocycles.